The summed E-state index contributed by atoms with van der Waals surface area (Å²) in [7, 11) is 0. The van der Waals surface area contributed by atoms with Gasteiger partial charge in [-0.2, -0.15) is 5.10 Å². The number of rotatable bonds is 3. The van der Waals surface area contributed by atoms with Crippen LogP contribution < -0.4 is 0 Å². The van der Waals surface area contributed by atoms with E-state index in [2.05, 4.69) is 25.0 Å². The van der Waals surface area contributed by atoms with E-state index < -0.39 is 0 Å². The maximum atomic E-state index is 12.7. The third-order valence-electron chi connectivity index (χ3n) is 4.91. The lowest BCUT2D eigenvalue weighted by atomic mass is 10.2. The predicted molar refractivity (Wildman–Crippen MR) is 90.8 cm³/mol. The molecule has 3 aromatic rings. The monoisotopic (exact) mass is 334 g/mol. The third kappa shape index (κ3) is 2.52. The molecule has 1 amide bonds. The average molecular weight is 334 g/mol. The molecule has 1 saturated carbocycles. The molecule has 2 aromatic heterocycles. The minimum atomic E-state index is -0.0429. The van der Waals surface area contributed by atoms with Gasteiger partial charge in [0.2, 0.25) is 0 Å². The Hall–Kier alpha value is -2.96. The Labute approximate surface area is 144 Å². The Morgan fingerprint density at radius 3 is 2.76 bits per heavy atom. The number of nitrogens with zero attached hydrogens (tertiary/aromatic N) is 5. The van der Waals surface area contributed by atoms with E-state index in [1.165, 1.54) is 12.8 Å². The molecule has 3 heterocycles. The fraction of sp³-hybridized carbons (Fsp3) is 0.333. The molecule has 7 heteroatoms. The fourth-order valence-electron chi connectivity index (χ4n) is 3.34. The van der Waals surface area contributed by atoms with Gasteiger partial charge < -0.3 is 9.47 Å². The van der Waals surface area contributed by atoms with Gasteiger partial charge in [-0.05, 0) is 18.9 Å². The molecule has 7 nitrogen and oxygen atoms in total. The Morgan fingerprint density at radius 2 is 1.96 bits per heavy atom. The van der Waals surface area contributed by atoms with Crippen molar-refractivity contribution in [2.24, 2.45) is 0 Å². The second-order valence-corrected chi connectivity index (χ2v) is 6.67. The number of H-pyrrole nitrogens is 1. The van der Waals surface area contributed by atoms with Crippen LogP contribution in [0, 0.1) is 0 Å². The average Bonchev–Trinajstić information content (AvgIpc) is 3.24. The number of nitrogens with one attached hydrogen (secondary N) is 1. The summed E-state index contributed by atoms with van der Waals surface area (Å²) in [5.41, 5.74) is 2.62. The molecule has 0 saturated heterocycles. The highest BCUT2D eigenvalue weighted by molar-refractivity contribution is 5.92. The van der Waals surface area contributed by atoms with Crippen LogP contribution in [-0.2, 0) is 13.1 Å². The van der Waals surface area contributed by atoms with Gasteiger partial charge in [-0.25, -0.2) is 0 Å². The van der Waals surface area contributed by atoms with Gasteiger partial charge in [-0.3, -0.25) is 9.89 Å². The van der Waals surface area contributed by atoms with Crippen LogP contribution in [0.5, 0.6) is 0 Å². The van der Waals surface area contributed by atoms with Crippen molar-refractivity contribution in [2.45, 2.75) is 31.8 Å². The van der Waals surface area contributed by atoms with Crippen LogP contribution in [0.3, 0.4) is 0 Å². The van der Waals surface area contributed by atoms with Gasteiger partial charge >= 0.3 is 0 Å². The van der Waals surface area contributed by atoms with Crippen molar-refractivity contribution in [2.75, 3.05) is 6.54 Å². The molecule has 1 fully saturated rings. The van der Waals surface area contributed by atoms with Crippen molar-refractivity contribution in [1.82, 2.24) is 29.9 Å². The first-order chi connectivity index (χ1) is 12.3. The number of carbonyl (C=O) groups is 1. The molecule has 25 heavy (non-hydrogen) atoms. The summed E-state index contributed by atoms with van der Waals surface area (Å²) in [6.45, 7) is 1.79. The van der Waals surface area contributed by atoms with E-state index in [1.807, 2.05) is 36.4 Å². The molecule has 0 bridgehead atoms. The van der Waals surface area contributed by atoms with Gasteiger partial charge in [0.1, 0.15) is 5.69 Å². The molecular weight excluding hydrogens is 316 g/mol. The summed E-state index contributed by atoms with van der Waals surface area (Å²) in [6, 6.07) is 11.9. The Kier molecular flexibility index (Phi) is 3.19. The van der Waals surface area contributed by atoms with Gasteiger partial charge in [0.05, 0.1) is 6.54 Å². The second-order valence-electron chi connectivity index (χ2n) is 6.67. The molecule has 1 aromatic carbocycles. The summed E-state index contributed by atoms with van der Waals surface area (Å²) in [5.74, 6) is 2.19. The van der Waals surface area contributed by atoms with E-state index in [-0.39, 0.29) is 5.91 Å². The molecule has 1 aliphatic carbocycles. The van der Waals surface area contributed by atoms with Crippen molar-refractivity contribution in [3.8, 4) is 11.4 Å². The number of hydrogen-bond donors (Lipinski definition) is 1. The zero-order valence-electron chi connectivity index (χ0n) is 13.7. The van der Waals surface area contributed by atoms with E-state index in [9.17, 15) is 4.79 Å². The number of hydrogen-bond acceptors (Lipinski definition) is 4. The molecule has 1 aliphatic heterocycles. The fourth-order valence-corrected chi connectivity index (χ4v) is 3.34. The topological polar surface area (TPSA) is 79.7 Å². The smallest absolute Gasteiger partial charge is 0.274 e. The normalized spacial score (nSPS) is 16.7. The van der Waals surface area contributed by atoms with Gasteiger partial charge in [-0.1, -0.05) is 30.3 Å². The molecule has 126 valence electrons. The van der Waals surface area contributed by atoms with E-state index in [0.717, 1.165) is 22.9 Å². The number of benzene rings is 1. The van der Waals surface area contributed by atoms with Crippen LogP contribution in [0.4, 0.5) is 0 Å². The second kappa shape index (κ2) is 5.54. The summed E-state index contributed by atoms with van der Waals surface area (Å²) >= 11 is 0. The van der Waals surface area contributed by atoms with E-state index in [1.54, 1.807) is 4.90 Å². The maximum absolute atomic E-state index is 12.7. The molecule has 0 spiro atoms. The van der Waals surface area contributed by atoms with Gasteiger partial charge in [0.25, 0.3) is 5.91 Å². The molecule has 5 rings (SSSR count). The van der Waals surface area contributed by atoms with Crippen molar-refractivity contribution < 1.29 is 4.79 Å². The zero-order chi connectivity index (χ0) is 16.8. The molecule has 2 aliphatic rings. The van der Waals surface area contributed by atoms with E-state index >= 15 is 0 Å². The van der Waals surface area contributed by atoms with Crippen LogP contribution in [-0.4, -0.2) is 42.3 Å². The van der Waals surface area contributed by atoms with Crippen LogP contribution >= 0.6 is 0 Å². The Balaban J connectivity index is 1.37. The molecule has 0 radical (unpaired) electrons. The van der Waals surface area contributed by atoms with Gasteiger partial charge in [-0.15, -0.1) is 10.2 Å². The van der Waals surface area contributed by atoms with Crippen molar-refractivity contribution >= 4 is 5.91 Å². The Bertz CT molecular complexity index is 924. The van der Waals surface area contributed by atoms with Crippen molar-refractivity contribution in [1.29, 1.82) is 0 Å². The van der Waals surface area contributed by atoms with Crippen LogP contribution in [0.25, 0.3) is 11.4 Å². The standard InChI is InChI=1S/C18H18N6O/c25-18(15-10-14(19-20-15)12-6-7-12)23-8-9-24-16(11-23)21-22-17(24)13-4-2-1-3-5-13/h1-5,10,12H,6-9,11H2,(H,19,20). The number of fused-ring (bicyclic) bond motifs is 1. The van der Waals surface area contributed by atoms with Crippen molar-refractivity contribution in [3.63, 3.8) is 0 Å². The Morgan fingerprint density at radius 1 is 1.12 bits per heavy atom. The SMILES string of the molecule is O=C(c1cc(C2CC2)[nH]n1)N1CCn2c(nnc2-c2ccccc2)C1. The molecule has 0 atom stereocenters. The number of aromatic nitrogens is 5. The van der Waals surface area contributed by atoms with Gasteiger partial charge in [0, 0.05) is 30.3 Å². The molecule has 0 unspecified atom stereocenters. The van der Waals surface area contributed by atoms with Crippen LogP contribution in [0.1, 0.15) is 40.8 Å². The number of aromatic amines is 1. The largest absolute Gasteiger partial charge is 0.328 e. The quantitative estimate of drug-likeness (QED) is 0.796. The lowest BCUT2D eigenvalue weighted by Crippen LogP contribution is -2.38. The zero-order valence-corrected chi connectivity index (χ0v) is 13.7. The lowest BCUT2D eigenvalue weighted by Gasteiger charge is -2.27. The summed E-state index contributed by atoms with van der Waals surface area (Å²) in [5, 5.41) is 15.8. The first kappa shape index (κ1) is 14.4. The van der Waals surface area contributed by atoms with Crippen molar-refractivity contribution in [3.05, 3.63) is 53.6 Å². The highest BCUT2D eigenvalue weighted by Gasteiger charge is 2.30. The molecular formula is C18H18N6O. The molecule has 1 N–H and O–H groups in total. The first-order valence-corrected chi connectivity index (χ1v) is 8.61. The summed E-state index contributed by atoms with van der Waals surface area (Å²) < 4.78 is 2.10. The summed E-state index contributed by atoms with van der Waals surface area (Å²) in [4.78, 5) is 14.5. The van der Waals surface area contributed by atoms with E-state index in [0.29, 0.717) is 31.2 Å². The summed E-state index contributed by atoms with van der Waals surface area (Å²) in [6.07, 6.45) is 2.37. The predicted octanol–water partition coefficient (Wildman–Crippen LogP) is 2.20. The van der Waals surface area contributed by atoms with E-state index in [4.69, 9.17) is 0 Å². The van der Waals surface area contributed by atoms with Crippen LogP contribution in [0.2, 0.25) is 0 Å². The minimum Gasteiger partial charge on any atom is -0.328 e. The van der Waals surface area contributed by atoms with Gasteiger partial charge in [0.15, 0.2) is 11.6 Å². The maximum Gasteiger partial charge on any atom is 0.274 e. The minimum absolute atomic E-state index is 0.0429. The lowest BCUT2D eigenvalue weighted by molar-refractivity contribution is 0.0702. The third-order valence-corrected chi connectivity index (χ3v) is 4.91. The highest BCUT2D eigenvalue weighted by Crippen LogP contribution is 2.39. The number of carbonyl (C=O) groups excluding carboxylic acids is 1. The number of amides is 1. The highest BCUT2D eigenvalue weighted by atomic mass is 16.2. The van der Waals surface area contributed by atoms with Crippen LogP contribution in [0.15, 0.2) is 36.4 Å². The first-order valence-electron chi connectivity index (χ1n) is 8.61.